The molecule has 0 saturated carbocycles. The zero-order chi connectivity index (χ0) is 24.1. The molecule has 34 heavy (non-hydrogen) atoms. The monoisotopic (exact) mass is 484 g/mol. The Morgan fingerprint density at radius 1 is 1.00 bits per heavy atom. The average Bonchev–Trinajstić information content (AvgIpc) is 3.15. The van der Waals surface area contributed by atoms with E-state index in [-0.39, 0.29) is 26.9 Å². The fraction of sp³-hybridized carbons (Fsp3) is 0.440. The van der Waals surface area contributed by atoms with Crippen LogP contribution < -0.4 is 15.8 Å². The first-order chi connectivity index (χ1) is 16.4. The van der Waals surface area contributed by atoms with Crippen LogP contribution in [0.4, 0.5) is 5.69 Å². The Balaban J connectivity index is 1.54. The molecule has 0 atom stereocenters. The normalized spacial score (nSPS) is 17.9. The summed E-state index contributed by atoms with van der Waals surface area (Å²) in [4.78, 5) is 28.5. The van der Waals surface area contributed by atoms with Crippen LogP contribution in [-0.4, -0.2) is 57.9 Å². The van der Waals surface area contributed by atoms with Gasteiger partial charge in [0.25, 0.3) is 11.8 Å². The number of benzene rings is 2. The lowest BCUT2D eigenvalue weighted by Crippen LogP contribution is -2.43. The summed E-state index contributed by atoms with van der Waals surface area (Å²) in [5.41, 5.74) is 3.51. The number of anilines is 1. The largest absolute Gasteiger partial charge is 0.352 e. The van der Waals surface area contributed by atoms with Crippen molar-refractivity contribution in [3.63, 3.8) is 0 Å². The highest BCUT2D eigenvalue weighted by Crippen LogP contribution is 2.36. The molecular formula is C25H32N4O4S. The lowest BCUT2D eigenvalue weighted by atomic mass is 10.1. The molecule has 1 saturated heterocycles. The van der Waals surface area contributed by atoms with Crippen molar-refractivity contribution in [2.24, 2.45) is 0 Å². The van der Waals surface area contributed by atoms with E-state index < -0.39 is 15.7 Å². The molecule has 2 N–H and O–H groups in total. The minimum atomic E-state index is -3.94. The molecule has 8 nitrogen and oxygen atoms in total. The predicted octanol–water partition coefficient (Wildman–Crippen LogP) is 3.00. The number of amides is 2. The first kappa shape index (κ1) is 24.4. The molecule has 2 amide bonds. The second-order valence-electron chi connectivity index (χ2n) is 8.70. The van der Waals surface area contributed by atoms with E-state index in [4.69, 9.17) is 0 Å². The Morgan fingerprint density at radius 3 is 2.47 bits per heavy atom. The van der Waals surface area contributed by atoms with Crippen molar-refractivity contribution in [3.05, 3.63) is 53.6 Å². The average molecular weight is 485 g/mol. The molecule has 2 aromatic carbocycles. The van der Waals surface area contributed by atoms with E-state index >= 15 is 0 Å². The molecule has 0 unspecified atom stereocenters. The fourth-order valence-electron chi connectivity index (χ4n) is 4.57. The zero-order valence-electron chi connectivity index (χ0n) is 19.5. The Morgan fingerprint density at radius 2 is 1.74 bits per heavy atom. The van der Waals surface area contributed by atoms with Crippen LogP contribution in [-0.2, 0) is 9.84 Å². The number of sulfone groups is 1. The summed E-state index contributed by atoms with van der Waals surface area (Å²) >= 11 is 0. The molecule has 0 aromatic heterocycles. The van der Waals surface area contributed by atoms with Crippen molar-refractivity contribution in [1.82, 2.24) is 15.6 Å². The molecule has 1 fully saturated rings. The van der Waals surface area contributed by atoms with Gasteiger partial charge in [-0.05, 0) is 69.2 Å². The highest BCUT2D eigenvalue weighted by molar-refractivity contribution is 7.91. The number of carbonyl (C=O) groups excluding carboxylic acids is 2. The van der Waals surface area contributed by atoms with Gasteiger partial charge in [-0.3, -0.25) is 9.59 Å². The maximum atomic E-state index is 13.4. The number of nitrogens with one attached hydrogen (secondary N) is 2. The highest BCUT2D eigenvalue weighted by Gasteiger charge is 2.36. The second-order valence-corrected chi connectivity index (χ2v) is 10.6. The summed E-state index contributed by atoms with van der Waals surface area (Å²) in [6, 6.07) is 10.6. The molecule has 0 aliphatic carbocycles. The smallest absolute Gasteiger partial charge is 0.274 e. The molecule has 2 aliphatic heterocycles. The third kappa shape index (κ3) is 5.01. The minimum absolute atomic E-state index is 0.00976. The Kier molecular flexibility index (Phi) is 7.65. The van der Waals surface area contributed by atoms with E-state index in [0.717, 1.165) is 26.1 Å². The van der Waals surface area contributed by atoms with Crippen LogP contribution in [0.3, 0.4) is 0 Å². The van der Waals surface area contributed by atoms with Crippen LogP contribution in [0.1, 0.15) is 59.7 Å². The summed E-state index contributed by atoms with van der Waals surface area (Å²) in [7, 11) is -3.94. The number of fused-ring (bicyclic) bond motifs is 2. The lowest BCUT2D eigenvalue weighted by molar-refractivity contribution is 0.0946. The number of hydrazine groups is 1. The summed E-state index contributed by atoms with van der Waals surface area (Å²) in [5.74, 6) is -0.767. The number of carbonyl (C=O) groups is 2. The number of nitrogens with zero attached hydrogens (tertiary/aromatic N) is 2. The van der Waals surface area contributed by atoms with Gasteiger partial charge in [0.15, 0.2) is 0 Å². The van der Waals surface area contributed by atoms with Gasteiger partial charge in [-0.1, -0.05) is 31.9 Å². The van der Waals surface area contributed by atoms with Gasteiger partial charge in [-0.15, -0.1) is 0 Å². The van der Waals surface area contributed by atoms with E-state index in [2.05, 4.69) is 15.6 Å². The van der Waals surface area contributed by atoms with Crippen molar-refractivity contribution < 1.29 is 18.0 Å². The number of hydrogen-bond donors (Lipinski definition) is 2. The van der Waals surface area contributed by atoms with Crippen LogP contribution >= 0.6 is 0 Å². The number of likely N-dealkylation sites (tertiary alicyclic amines) is 1. The van der Waals surface area contributed by atoms with E-state index in [1.54, 1.807) is 12.1 Å². The maximum Gasteiger partial charge on any atom is 0.274 e. The minimum Gasteiger partial charge on any atom is -0.352 e. The van der Waals surface area contributed by atoms with Gasteiger partial charge in [-0.2, -0.15) is 0 Å². The SMILES string of the molecule is CCNN1C(=O)c2ccccc2S(=O)(=O)c2ccc(C(=O)NCCCN3CCCCCC3)cc21. The van der Waals surface area contributed by atoms with Gasteiger partial charge in [0.2, 0.25) is 9.84 Å². The summed E-state index contributed by atoms with van der Waals surface area (Å²) < 4.78 is 26.7. The van der Waals surface area contributed by atoms with Crippen LogP contribution in [0.15, 0.2) is 52.3 Å². The molecule has 0 radical (unpaired) electrons. The van der Waals surface area contributed by atoms with Gasteiger partial charge in [0, 0.05) is 18.7 Å². The Bertz CT molecular complexity index is 1160. The quantitative estimate of drug-likeness (QED) is 0.587. The topological polar surface area (TPSA) is 98.8 Å². The van der Waals surface area contributed by atoms with E-state index in [0.29, 0.717) is 18.7 Å². The van der Waals surface area contributed by atoms with Gasteiger partial charge in [-0.25, -0.2) is 18.9 Å². The zero-order valence-corrected chi connectivity index (χ0v) is 20.4. The third-order valence-electron chi connectivity index (χ3n) is 6.31. The molecule has 4 rings (SSSR count). The molecule has 2 heterocycles. The second kappa shape index (κ2) is 10.7. The summed E-state index contributed by atoms with van der Waals surface area (Å²) in [6.45, 7) is 5.93. The van der Waals surface area contributed by atoms with Crippen molar-refractivity contribution in [1.29, 1.82) is 0 Å². The van der Waals surface area contributed by atoms with Crippen LogP contribution in [0, 0.1) is 0 Å². The Labute approximate surface area is 201 Å². The van der Waals surface area contributed by atoms with E-state index in [1.807, 2.05) is 6.92 Å². The van der Waals surface area contributed by atoms with E-state index in [1.165, 1.54) is 61.0 Å². The molecule has 9 heteroatoms. The first-order valence-corrected chi connectivity index (χ1v) is 13.5. The van der Waals surface area contributed by atoms with Gasteiger partial charge in [0.05, 0.1) is 21.0 Å². The van der Waals surface area contributed by atoms with Crippen LogP contribution in [0.5, 0.6) is 0 Å². The van der Waals surface area contributed by atoms with E-state index in [9.17, 15) is 18.0 Å². The standard InChI is InChI=1S/C25H32N4O4S/c1-2-27-29-21-18-19(24(30)26-14-9-17-28-15-7-3-4-8-16-28)12-13-23(21)34(32,33)22-11-6-5-10-20(22)25(29)31/h5-6,10-13,18,27H,2-4,7-9,14-17H2,1H3,(H,26,30). The third-order valence-corrected chi connectivity index (χ3v) is 8.17. The molecule has 2 aromatic rings. The van der Waals surface area contributed by atoms with Crippen molar-refractivity contribution in [2.45, 2.75) is 48.8 Å². The molecule has 2 aliphatic rings. The maximum absolute atomic E-state index is 13.4. The van der Waals surface area contributed by atoms with Gasteiger partial charge in [0.1, 0.15) is 0 Å². The molecule has 182 valence electrons. The lowest BCUT2D eigenvalue weighted by Gasteiger charge is -2.23. The van der Waals surface area contributed by atoms with Crippen molar-refractivity contribution in [2.75, 3.05) is 37.7 Å². The van der Waals surface area contributed by atoms with Gasteiger partial charge >= 0.3 is 0 Å². The van der Waals surface area contributed by atoms with Crippen molar-refractivity contribution in [3.8, 4) is 0 Å². The van der Waals surface area contributed by atoms with Crippen LogP contribution in [0.2, 0.25) is 0 Å². The number of rotatable bonds is 7. The fourth-order valence-corrected chi connectivity index (χ4v) is 6.18. The highest BCUT2D eigenvalue weighted by atomic mass is 32.2. The number of hydrogen-bond acceptors (Lipinski definition) is 6. The predicted molar refractivity (Wildman–Crippen MR) is 131 cm³/mol. The van der Waals surface area contributed by atoms with Gasteiger partial charge < -0.3 is 10.2 Å². The molecule has 0 bridgehead atoms. The summed E-state index contributed by atoms with van der Waals surface area (Å²) in [5, 5.41) is 4.16. The first-order valence-electron chi connectivity index (χ1n) is 12.0. The Hall–Kier alpha value is -2.75. The van der Waals surface area contributed by atoms with Crippen molar-refractivity contribution >= 4 is 27.3 Å². The summed E-state index contributed by atoms with van der Waals surface area (Å²) in [6.07, 6.45) is 5.89. The molecular weight excluding hydrogens is 452 g/mol. The van der Waals surface area contributed by atoms with Crippen LogP contribution in [0.25, 0.3) is 0 Å². The molecule has 0 spiro atoms.